The Labute approximate surface area is 113 Å². The summed E-state index contributed by atoms with van der Waals surface area (Å²) in [5.74, 6) is 0.722. The number of rotatable bonds is 5. The second-order valence-electron chi connectivity index (χ2n) is 4.47. The van der Waals surface area contributed by atoms with E-state index >= 15 is 0 Å². The second kappa shape index (κ2) is 7.11. The van der Waals surface area contributed by atoms with E-state index in [2.05, 4.69) is 0 Å². The zero-order chi connectivity index (χ0) is 13.5. The van der Waals surface area contributed by atoms with Crippen molar-refractivity contribution < 1.29 is 14.3 Å². The SMILES string of the molecule is NCCc1cccc(OCC(=O)N2CCOCC2)c1. The average molecular weight is 264 g/mol. The number of benzene rings is 1. The molecule has 1 amide bonds. The van der Waals surface area contributed by atoms with Crippen molar-refractivity contribution in [3.8, 4) is 5.75 Å². The molecule has 0 aliphatic carbocycles. The summed E-state index contributed by atoms with van der Waals surface area (Å²) >= 11 is 0. The first-order chi connectivity index (χ1) is 9.29. The molecule has 2 N–H and O–H groups in total. The minimum Gasteiger partial charge on any atom is -0.484 e. The van der Waals surface area contributed by atoms with Gasteiger partial charge in [0.15, 0.2) is 6.61 Å². The van der Waals surface area contributed by atoms with E-state index in [0.29, 0.717) is 38.6 Å². The number of hydrogen-bond donors (Lipinski definition) is 1. The van der Waals surface area contributed by atoms with Gasteiger partial charge in [0.05, 0.1) is 13.2 Å². The highest BCUT2D eigenvalue weighted by molar-refractivity contribution is 5.77. The van der Waals surface area contributed by atoms with E-state index in [0.717, 1.165) is 12.0 Å². The van der Waals surface area contributed by atoms with Gasteiger partial charge in [0.2, 0.25) is 0 Å². The number of carbonyl (C=O) groups is 1. The van der Waals surface area contributed by atoms with Crippen molar-refractivity contribution in [2.24, 2.45) is 5.73 Å². The normalized spacial score (nSPS) is 15.3. The van der Waals surface area contributed by atoms with Gasteiger partial charge in [0.1, 0.15) is 5.75 Å². The number of carbonyl (C=O) groups excluding carboxylic acids is 1. The lowest BCUT2D eigenvalue weighted by molar-refractivity contribution is -0.137. The molecule has 0 unspecified atom stereocenters. The summed E-state index contributed by atoms with van der Waals surface area (Å²) < 4.78 is 10.7. The van der Waals surface area contributed by atoms with Crippen LogP contribution in [-0.2, 0) is 16.0 Å². The fourth-order valence-electron chi connectivity index (χ4n) is 2.01. The highest BCUT2D eigenvalue weighted by atomic mass is 16.5. The standard InChI is InChI=1S/C14H20N2O3/c15-5-4-12-2-1-3-13(10-12)19-11-14(17)16-6-8-18-9-7-16/h1-3,10H,4-9,11,15H2. The third kappa shape index (κ3) is 4.22. The molecule has 0 atom stereocenters. The van der Waals surface area contributed by atoms with Crippen LogP contribution < -0.4 is 10.5 Å². The summed E-state index contributed by atoms with van der Waals surface area (Å²) in [6, 6.07) is 7.70. The first-order valence-corrected chi connectivity index (χ1v) is 6.57. The molecular formula is C14H20N2O3. The fourth-order valence-corrected chi connectivity index (χ4v) is 2.01. The summed E-state index contributed by atoms with van der Waals surface area (Å²) in [6.45, 7) is 3.20. The van der Waals surface area contributed by atoms with Crippen molar-refractivity contribution in [2.75, 3.05) is 39.5 Å². The third-order valence-electron chi connectivity index (χ3n) is 3.06. The molecule has 5 nitrogen and oxygen atoms in total. The first-order valence-electron chi connectivity index (χ1n) is 6.57. The van der Waals surface area contributed by atoms with E-state index in [9.17, 15) is 4.79 Å². The Morgan fingerprint density at radius 1 is 1.37 bits per heavy atom. The highest BCUT2D eigenvalue weighted by Gasteiger charge is 2.16. The van der Waals surface area contributed by atoms with E-state index < -0.39 is 0 Å². The Morgan fingerprint density at radius 3 is 2.89 bits per heavy atom. The molecule has 19 heavy (non-hydrogen) atoms. The van der Waals surface area contributed by atoms with Crippen molar-refractivity contribution in [2.45, 2.75) is 6.42 Å². The molecule has 0 bridgehead atoms. The lowest BCUT2D eigenvalue weighted by Crippen LogP contribution is -2.42. The van der Waals surface area contributed by atoms with Crippen LogP contribution in [0.3, 0.4) is 0 Å². The van der Waals surface area contributed by atoms with Crippen molar-refractivity contribution in [1.82, 2.24) is 4.90 Å². The molecule has 1 aromatic rings. The van der Waals surface area contributed by atoms with Gasteiger partial charge in [-0.25, -0.2) is 0 Å². The van der Waals surface area contributed by atoms with Crippen molar-refractivity contribution in [3.63, 3.8) is 0 Å². The van der Waals surface area contributed by atoms with E-state index in [1.165, 1.54) is 0 Å². The molecule has 1 aromatic carbocycles. The van der Waals surface area contributed by atoms with Gasteiger partial charge in [-0.15, -0.1) is 0 Å². The maximum atomic E-state index is 11.9. The van der Waals surface area contributed by atoms with Gasteiger partial charge >= 0.3 is 0 Å². The van der Waals surface area contributed by atoms with Crippen molar-refractivity contribution in [3.05, 3.63) is 29.8 Å². The molecule has 2 rings (SSSR count). The summed E-state index contributed by atoms with van der Waals surface area (Å²) in [5, 5.41) is 0. The molecule has 104 valence electrons. The number of ether oxygens (including phenoxy) is 2. The van der Waals surface area contributed by atoms with E-state index in [1.54, 1.807) is 4.90 Å². The van der Waals surface area contributed by atoms with Crippen LogP contribution in [0.2, 0.25) is 0 Å². The molecule has 1 aliphatic rings. The maximum absolute atomic E-state index is 11.9. The number of hydrogen-bond acceptors (Lipinski definition) is 4. The minimum atomic E-state index is 0.00697. The van der Waals surface area contributed by atoms with Crippen LogP contribution in [-0.4, -0.2) is 50.3 Å². The van der Waals surface area contributed by atoms with Gasteiger partial charge in [-0.2, -0.15) is 0 Å². The zero-order valence-corrected chi connectivity index (χ0v) is 11.0. The molecule has 1 heterocycles. The molecule has 1 fully saturated rings. The van der Waals surface area contributed by atoms with Gasteiger partial charge in [-0.05, 0) is 30.7 Å². The van der Waals surface area contributed by atoms with Crippen LogP contribution in [0.1, 0.15) is 5.56 Å². The fraction of sp³-hybridized carbons (Fsp3) is 0.500. The van der Waals surface area contributed by atoms with Crippen LogP contribution in [0, 0.1) is 0 Å². The number of nitrogens with two attached hydrogens (primary N) is 1. The van der Waals surface area contributed by atoms with Crippen LogP contribution in [0.25, 0.3) is 0 Å². The Hall–Kier alpha value is -1.59. The highest BCUT2D eigenvalue weighted by Crippen LogP contribution is 2.13. The molecular weight excluding hydrogens is 244 g/mol. The molecule has 0 radical (unpaired) electrons. The largest absolute Gasteiger partial charge is 0.484 e. The lowest BCUT2D eigenvalue weighted by atomic mass is 10.1. The van der Waals surface area contributed by atoms with Gasteiger partial charge in [0.25, 0.3) is 5.91 Å². The summed E-state index contributed by atoms with van der Waals surface area (Å²) in [4.78, 5) is 13.7. The van der Waals surface area contributed by atoms with Crippen LogP contribution in [0.4, 0.5) is 0 Å². The summed E-state index contributed by atoms with van der Waals surface area (Å²) in [5.41, 5.74) is 6.64. The summed E-state index contributed by atoms with van der Waals surface area (Å²) in [6.07, 6.45) is 0.814. The molecule has 5 heteroatoms. The third-order valence-corrected chi connectivity index (χ3v) is 3.06. The van der Waals surface area contributed by atoms with E-state index in [1.807, 2.05) is 24.3 Å². The monoisotopic (exact) mass is 264 g/mol. The van der Waals surface area contributed by atoms with Crippen molar-refractivity contribution >= 4 is 5.91 Å². The molecule has 0 spiro atoms. The van der Waals surface area contributed by atoms with Gasteiger partial charge in [0, 0.05) is 13.1 Å². The maximum Gasteiger partial charge on any atom is 0.260 e. The number of morpholine rings is 1. The van der Waals surface area contributed by atoms with Gasteiger partial charge < -0.3 is 20.1 Å². The van der Waals surface area contributed by atoms with Crippen molar-refractivity contribution in [1.29, 1.82) is 0 Å². The van der Waals surface area contributed by atoms with Crippen LogP contribution in [0.15, 0.2) is 24.3 Å². The van der Waals surface area contributed by atoms with Gasteiger partial charge in [-0.3, -0.25) is 4.79 Å². The Balaban J connectivity index is 1.83. The second-order valence-corrected chi connectivity index (χ2v) is 4.47. The lowest BCUT2D eigenvalue weighted by Gasteiger charge is -2.26. The van der Waals surface area contributed by atoms with Gasteiger partial charge in [-0.1, -0.05) is 12.1 Å². The number of nitrogens with zero attached hydrogens (tertiary/aromatic N) is 1. The van der Waals surface area contributed by atoms with Crippen LogP contribution in [0.5, 0.6) is 5.75 Å². The zero-order valence-electron chi connectivity index (χ0n) is 11.0. The minimum absolute atomic E-state index is 0.00697. The predicted octanol–water partition coefficient (Wildman–Crippen LogP) is 0.425. The van der Waals surface area contributed by atoms with Crippen LogP contribution >= 0.6 is 0 Å². The predicted molar refractivity (Wildman–Crippen MR) is 72.1 cm³/mol. The molecule has 0 saturated carbocycles. The molecule has 0 aromatic heterocycles. The Bertz CT molecular complexity index is 417. The van der Waals surface area contributed by atoms with E-state index in [-0.39, 0.29) is 12.5 Å². The topological polar surface area (TPSA) is 64.8 Å². The van der Waals surface area contributed by atoms with E-state index in [4.69, 9.17) is 15.2 Å². The molecule has 1 saturated heterocycles. The Kier molecular flexibility index (Phi) is 5.18. The average Bonchev–Trinajstić information content (AvgIpc) is 2.46. The first kappa shape index (κ1) is 13.8. The quantitative estimate of drug-likeness (QED) is 0.837. The summed E-state index contributed by atoms with van der Waals surface area (Å²) in [7, 11) is 0. The number of amides is 1. The smallest absolute Gasteiger partial charge is 0.260 e. The Morgan fingerprint density at radius 2 is 2.16 bits per heavy atom. The molecule has 1 aliphatic heterocycles.